The predicted octanol–water partition coefficient (Wildman–Crippen LogP) is 0.379. The number of allylic oxidation sites excluding steroid dienone is 1. The fourth-order valence-electron chi connectivity index (χ4n) is 0.676. The van der Waals surface area contributed by atoms with Gasteiger partial charge < -0.3 is 4.74 Å². The molecule has 0 N–H and O–H groups in total. The summed E-state index contributed by atoms with van der Waals surface area (Å²) < 4.78 is 4.59. The largest absolute Gasteiger partial charge is 0.446 e. The molecule has 8 heteroatoms. The summed E-state index contributed by atoms with van der Waals surface area (Å²) in [6.45, 7) is 3.78. The number of hydrogen-bond donors (Lipinski definition) is 0. The van der Waals surface area contributed by atoms with E-state index in [-0.39, 0.29) is 0 Å². The molecule has 0 radical (unpaired) electrons. The second-order valence-corrected chi connectivity index (χ2v) is 2.67. The maximum absolute atomic E-state index is 11.2. The van der Waals surface area contributed by atoms with Crippen LogP contribution in [0.15, 0.2) is 12.2 Å². The molecule has 17 heavy (non-hydrogen) atoms. The van der Waals surface area contributed by atoms with E-state index in [2.05, 4.69) is 24.6 Å². The smallest absolute Gasteiger partial charge is 0.389 e. The number of rotatable bonds is 6. The van der Waals surface area contributed by atoms with Gasteiger partial charge in [-0.1, -0.05) is 6.08 Å². The molecular weight excluding hydrogens is 236 g/mol. The lowest BCUT2D eigenvalue weighted by molar-refractivity contribution is -0.600. The molecule has 1 unspecified atom stereocenters. The maximum Gasteiger partial charge on any atom is 0.389 e. The molecule has 0 aliphatic heterocycles. The van der Waals surface area contributed by atoms with Gasteiger partial charge in [-0.15, -0.1) is 0 Å². The zero-order chi connectivity index (χ0) is 13.3. The number of carbonyl (C=O) groups is 3. The van der Waals surface area contributed by atoms with Gasteiger partial charge in [-0.25, -0.2) is 9.59 Å². The molecule has 0 aromatic heterocycles. The van der Waals surface area contributed by atoms with Gasteiger partial charge in [0.05, 0.1) is 0 Å². The Kier molecular flexibility index (Phi) is 7.31. The number of carbonyl (C=O) groups excluding carboxylic acids is 3. The van der Waals surface area contributed by atoms with E-state index in [0.717, 1.165) is 13.8 Å². The average Bonchev–Trinajstić information content (AvgIpc) is 2.22. The molecule has 1 atom stereocenters. The van der Waals surface area contributed by atoms with Gasteiger partial charge >= 0.3 is 17.9 Å². The molecule has 0 saturated carbocycles. The topological polar surface area (TPSA) is 97.4 Å². The molecule has 0 aromatic carbocycles. The fraction of sp³-hybridized carbons (Fsp3) is 0.444. The van der Waals surface area contributed by atoms with E-state index in [0.29, 0.717) is 0 Å². The van der Waals surface area contributed by atoms with Crippen LogP contribution in [-0.4, -0.2) is 24.0 Å². The molecule has 0 heterocycles. The molecule has 8 nitrogen and oxygen atoms in total. The molecule has 96 valence electrons. The van der Waals surface area contributed by atoms with Crippen LogP contribution in [-0.2, 0) is 39.0 Å². The van der Waals surface area contributed by atoms with Crippen molar-refractivity contribution in [2.24, 2.45) is 0 Å². The predicted molar refractivity (Wildman–Crippen MR) is 50.4 cm³/mol. The number of esters is 1. The Morgan fingerprint density at radius 1 is 1.00 bits per heavy atom. The summed E-state index contributed by atoms with van der Waals surface area (Å²) in [7, 11) is 0. The summed E-state index contributed by atoms with van der Waals surface area (Å²) in [6.07, 6.45) is 1.47. The first-order valence-corrected chi connectivity index (χ1v) is 4.49. The van der Waals surface area contributed by atoms with E-state index in [1.165, 1.54) is 12.2 Å². The van der Waals surface area contributed by atoms with Crippen LogP contribution in [0.2, 0.25) is 0 Å². The Morgan fingerprint density at radius 2 is 1.59 bits per heavy atom. The average molecular weight is 248 g/mol. The van der Waals surface area contributed by atoms with Crippen molar-refractivity contribution in [3.8, 4) is 0 Å². The summed E-state index contributed by atoms with van der Waals surface area (Å²) >= 11 is 0. The highest BCUT2D eigenvalue weighted by molar-refractivity contribution is 5.80. The highest BCUT2D eigenvalue weighted by atomic mass is 17.7. The first-order chi connectivity index (χ1) is 7.97. The van der Waals surface area contributed by atoms with E-state index in [4.69, 9.17) is 0 Å². The van der Waals surface area contributed by atoms with Crippen LogP contribution in [0.4, 0.5) is 0 Å². The van der Waals surface area contributed by atoms with Crippen LogP contribution >= 0.6 is 0 Å². The lowest BCUT2D eigenvalue weighted by Gasteiger charge is -2.09. The Hall–Kier alpha value is -1.93. The van der Waals surface area contributed by atoms with Crippen LogP contribution in [0.5, 0.6) is 0 Å². The van der Waals surface area contributed by atoms with Crippen molar-refractivity contribution < 1.29 is 39.0 Å². The van der Waals surface area contributed by atoms with E-state index >= 15 is 0 Å². The van der Waals surface area contributed by atoms with Crippen LogP contribution in [0, 0.1) is 0 Å². The van der Waals surface area contributed by atoms with E-state index in [9.17, 15) is 14.4 Å². The lowest BCUT2D eigenvalue weighted by atomic mass is 10.3. The highest BCUT2D eigenvalue weighted by Crippen LogP contribution is 2.00. The quantitative estimate of drug-likeness (QED) is 0.219. The first-order valence-electron chi connectivity index (χ1n) is 4.49. The Bertz CT molecular complexity index is 308. The van der Waals surface area contributed by atoms with Gasteiger partial charge in [-0.3, -0.25) is 14.6 Å². The second kappa shape index (κ2) is 8.25. The van der Waals surface area contributed by atoms with Gasteiger partial charge in [0.2, 0.25) is 6.10 Å². The van der Waals surface area contributed by atoms with Crippen molar-refractivity contribution in [2.75, 3.05) is 0 Å². The Labute approximate surface area is 96.8 Å². The third kappa shape index (κ3) is 7.94. The molecule has 0 aliphatic carbocycles. The first kappa shape index (κ1) is 15.1. The zero-order valence-electron chi connectivity index (χ0n) is 9.50. The Balaban J connectivity index is 4.05. The van der Waals surface area contributed by atoms with Gasteiger partial charge in [-0.2, -0.15) is 0 Å². The minimum absolute atomic E-state index is 0.675. The van der Waals surface area contributed by atoms with E-state index in [1.54, 1.807) is 6.92 Å². The Morgan fingerprint density at radius 3 is 2.06 bits per heavy atom. The SMILES string of the molecule is C/C=C/C(OC(C)=O)C(=O)OOOOC(C)=O. The van der Waals surface area contributed by atoms with Gasteiger partial charge in [0.25, 0.3) is 0 Å². The fourth-order valence-corrected chi connectivity index (χ4v) is 0.676. The molecule has 0 aliphatic rings. The lowest BCUT2D eigenvalue weighted by Crippen LogP contribution is -2.26. The molecular formula is C9H12O8. The van der Waals surface area contributed by atoms with Crippen LogP contribution in [0.3, 0.4) is 0 Å². The molecule has 0 saturated heterocycles. The van der Waals surface area contributed by atoms with Gasteiger partial charge in [-0.05, 0) is 13.0 Å². The van der Waals surface area contributed by atoms with Gasteiger partial charge in [0, 0.05) is 23.9 Å². The van der Waals surface area contributed by atoms with Crippen molar-refractivity contribution >= 4 is 17.9 Å². The van der Waals surface area contributed by atoms with E-state index in [1.807, 2.05) is 0 Å². The molecule has 0 spiro atoms. The second-order valence-electron chi connectivity index (χ2n) is 2.67. The number of hydrogen-bond acceptors (Lipinski definition) is 8. The summed E-state index contributed by atoms with van der Waals surface area (Å²) in [5.41, 5.74) is 0. The standard InChI is InChI=1S/C9H12O8/c1-4-5-8(13-6(2)10)9(12)15-17-16-14-7(3)11/h4-5,8H,1-3H3/b5-4+. The molecule has 0 fully saturated rings. The summed E-state index contributed by atoms with van der Waals surface area (Å²) in [5, 5.41) is 7.54. The minimum atomic E-state index is -1.27. The minimum Gasteiger partial charge on any atom is -0.446 e. The summed E-state index contributed by atoms with van der Waals surface area (Å²) in [6, 6.07) is 0. The van der Waals surface area contributed by atoms with Gasteiger partial charge in [0.1, 0.15) is 0 Å². The van der Waals surface area contributed by atoms with Crippen molar-refractivity contribution in [3.63, 3.8) is 0 Å². The van der Waals surface area contributed by atoms with Gasteiger partial charge in [0.15, 0.2) is 0 Å². The maximum atomic E-state index is 11.2. The summed E-state index contributed by atoms with van der Waals surface area (Å²) in [5.74, 6) is -2.53. The third-order valence-corrected chi connectivity index (χ3v) is 1.19. The molecule has 0 bridgehead atoms. The number of ether oxygens (including phenoxy) is 1. The van der Waals surface area contributed by atoms with E-state index < -0.39 is 24.0 Å². The van der Waals surface area contributed by atoms with Crippen molar-refractivity contribution in [1.82, 2.24) is 0 Å². The van der Waals surface area contributed by atoms with Crippen LogP contribution in [0.25, 0.3) is 0 Å². The normalized spacial score (nSPS) is 11.9. The van der Waals surface area contributed by atoms with Crippen molar-refractivity contribution in [2.45, 2.75) is 26.9 Å². The third-order valence-electron chi connectivity index (χ3n) is 1.19. The van der Waals surface area contributed by atoms with Crippen LogP contribution < -0.4 is 0 Å². The zero-order valence-corrected chi connectivity index (χ0v) is 9.50. The monoisotopic (exact) mass is 248 g/mol. The van der Waals surface area contributed by atoms with Crippen molar-refractivity contribution in [3.05, 3.63) is 12.2 Å². The van der Waals surface area contributed by atoms with Crippen molar-refractivity contribution in [1.29, 1.82) is 0 Å². The molecule has 0 amide bonds. The highest BCUT2D eigenvalue weighted by Gasteiger charge is 2.21. The molecule has 0 aromatic rings. The molecule has 0 rings (SSSR count). The summed E-state index contributed by atoms with van der Waals surface area (Å²) in [4.78, 5) is 40.0. The van der Waals surface area contributed by atoms with Crippen LogP contribution in [0.1, 0.15) is 20.8 Å².